The third kappa shape index (κ3) is 10.3. The number of nitrogens with one attached hydrogen (secondary N) is 2. The molecule has 0 aliphatic heterocycles. The van der Waals surface area contributed by atoms with Gasteiger partial charge >= 0.3 is 18.5 Å². The van der Waals surface area contributed by atoms with Gasteiger partial charge in [-0.15, -0.1) is 43.1 Å². The summed E-state index contributed by atoms with van der Waals surface area (Å²) in [6, 6.07) is 38.0. The van der Waals surface area contributed by atoms with Gasteiger partial charge in [0.1, 0.15) is 11.4 Å². The van der Waals surface area contributed by atoms with Crippen LogP contribution in [-0.2, 0) is 18.5 Å². The second kappa shape index (κ2) is 18.5. The Balaban J connectivity index is 0.000000171. The average molecular weight is 965 g/mol. The molecule has 2 N–H and O–H groups in total. The van der Waals surface area contributed by atoms with Crippen molar-refractivity contribution in [3.8, 4) is 44.8 Å². The van der Waals surface area contributed by atoms with Gasteiger partial charge in [-0.05, 0) is 96.1 Å². The van der Waals surface area contributed by atoms with Crippen LogP contribution >= 0.6 is 22.7 Å². The van der Waals surface area contributed by atoms with Crippen molar-refractivity contribution in [3.63, 3.8) is 0 Å². The third-order valence-electron chi connectivity index (χ3n) is 10.4. The summed E-state index contributed by atoms with van der Waals surface area (Å²) in [5.74, 6) is 0.799. The molecule has 0 saturated heterocycles. The minimum Gasteiger partial charge on any atom is -0.339 e. The number of rotatable bonds is 8. The van der Waals surface area contributed by atoms with E-state index in [1.165, 1.54) is 59.1 Å². The predicted octanol–water partition coefficient (Wildman–Crippen LogP) is 15.4. The summed E-state index contributed by atoms with van der Waals surface area (Å²) in [5.41, 5.74) is 8.51. The highest BCUT2D eigenvalue weighted by Gasteiger charge is 2.32. The Labute approximate surface area is 387 Å². The molecule has 0 atom stereocenters. The van der Waals surface area contributed by atoms with Gasteiger partial charge in [-0.1, -0.05) is 66.7 Å². The van der Waals surface area contributed by atoms with Gasteiger partial charge in [-0.2, -0.15) is 39.5 Å². The first-order chi connectivity index (χ1) is 32.5. The summed E-state index contributed by atoms with van der Waals surface area (Å²) in [4.78, 5) is 8.50. The molecular weight excluding hydrogens is 936 g/mol. The summed E-state index contributed by atoms with van der Waals surface area (Å²) < 4.78 is 119. The molecule has 0 amide bonds. The van der Waals surface area contributed by atoms with Crippen molar-refractivity contribution < 1.29 is 39.5 Å². The van der Waals surface area contributed by atoms with Gasteiger partial charge in [0.05, 0.1) is 48.1 Å². The lowest BCUT2D eigenvalue weighted by molar-refractivity contribution is -0.138. The standard InChI is InChI=1S/C25H14F6N4S.C24H15F3N4S/c26-24(27,28)16-5-1-14(2-6-16)19-12-22(33-18-9-10-20-21(11-18)36-13-32-20)34-35-23(19)15-3-7-17(8-4-15)25(29,30)31;25-24(26,27)17-8-6-15(7-9-17)19-13-22(30-31-23(19)16-4-2-1-3-5-16)29-18-10-11-20-21(12-18)32-14-28-20/h1-13H,(H,33,34);1-14H,(H,29,30). The van der Waals surface area contributed by atoms with Crippen molar-refractivity contribution in [1.29, 1.82) is 0 Å². The van der Waals surface area contributed by atoms with Crippen molar-refractivity contribution in [3.05, 3.63) is 179 Å². The number of anilines is 4. The van der Waals surface area contributed by atoms with E-state index in [0.29, 0.717) is 50.8 Å². The number of aromatic nitrogens is 6. The van der Waals surface area contributed by atoms with Crippen molar-refractivity contribution in [2.24, 2.45) is 0 Å². The summed E-state index contributed by atoms with van der Waals surface area (Å²) in [6.07, 6.45) is -13.4. The number of thiazole rings is 2. The second-order valence-electron chi connectivity index (χ2n) is 14.9. The number of halogens is 9. The van der Waals surface area contributed by atoms with Gasteiger partial charge in [0.25, 0.3) is 0 Å². The Morgan fingerprint density at radius 1 is 0.368 bits per heavy atom. The van der Waals surface area contributed by atoms with E-state index in [0.717, 1.165) is 68.1 Å². The molecule has 340 valence electrons. The number of alkyl halides is 9. The number of benzene rings is 6. The zero-order valence-corrected chi connectivity index (χ0v) is 36.1. The molecule has 0 saturated carbocycles. The normalized spacial score (nSPS) is 11.9. The van der Waals surface area contributed by atoms with Crippen LogP contribution in [0.15, 0.2) is 163 Å². The van der Waals surface area contributed by atoms with Crippen LogP contribution in [0.25, 0.3) is 65.2 Å². The number of fused-ring (bicyclic) bond motifs is 2. The van der Waals surface area contributed by atoms with Gasteiger partial charge in [0, 0.05) is 33.6 Å². The molecule has 0 fully saturated rings. The van der Waals surface area contributed by atoms with E-state index in [2.05, 4.69) is 41.0 Å². The first kappa shape index (κ1) is 45.4. The lowest BCUT2D eigenvalue weighted by atomic mass is 9.98. The van der Waals surface area contributed by atoms with Crippen LogP contribution in [0.2, 0.25) is 0 Å². The summed E-state index contributed by atoms with van der Waals surface area (Å²) in [5, 5.41) is 23.4. The van der Waals surface area contributed by atoms with Crippen LogP contribution in [-0.4, -0.2) is 30.4 Å². The molecule has 0 aliphatic carbocycles. The molecule has 6 aromatic carbocycles. The molecule has 68 heavy (non-hydrogen) atoms. The van der Waals surface area contributed by atoms with Crippen LogP contribution in [0, 0.1) is 0 Å². The van der Waals surface area contributed by atoms with Crippen LogP contribution in [0.3, 0.4) is 0 Å². The first-order valence-electron chi connectivity index (χ1n) is 20.1. The van der Waals surface area contributed by atoms with E-state index in [1.807, 2.05) is 60.7 Å². The molecule has 0 aliphatic rings. The molecule has 8 nitrogen and oxygen atoms in total. The molecule has 0 unspecified atom stereocenters. The van der Waals surface area contributed by atoms with Crippen LogP contribution in [0.1, 0.15) is 16.7 Å². The van der Waals surface area contributed by atoms with Gasteiger partial charge < -0.3 is 10.6 Å². The lowest BCUT2D eigenvalue weighted by Crippen LogP contribution is -2.05. The Morgan fingerprint density at radius 2 is 0.735 bits per heavy atom. The Morgan fingerprint density at radius 3 is 1.12 bits per heavy atom. The number of nitrogens with zero attached hydrogens (tertiary/aromatic N) is 6. The van der Waals surface area contributed by atoms with Crippen molar-refractivity contribution >= 4 is 66.1 Å². The Kier molecular flexibility index (Phi) is 12.3. The minimum atomic E-state index is -4.51. The highest BCUT2D eigenvalue weighted by Crippen LogP contribution is 2.39. The zero-order chi connectivity index (χ0) is 47.6. The fourth-order valence-corrected chi connectivity index (χ4v) is 8.46. The molecule has 0 bridgehead atoms. The Bertz CT molecular complexity index is 3360. The SMILES string of the molecule is FC(F)(F)c1ccc(-c2cc(Nc3ccc4ncsc4c3)nnc2-c2ccc(C(F)(F)F)cc2)cc1.FC(F)(F)c1ccc(-c2cc(Nc3ccc4ncsc4c3)nnc2-c2ccccc2)cc1. The molecule has 4 aromatic heterocycles. The van der Waals surface area contributed by atoms with E-state index < -0.39 is 35.2 Å². The second-order valence-corrected chi connectivity index (χ2v) is 16.7. The Hall–Kier alpha value is -7.77. The first-order valence-corrected chi connectivity index (χ1v) is 21.9. The maximum atomic E-state index is 13.1. The van der Waals surface area contributed by atoms with Gasteiger partial charge in [0.15, 0.2) is 11.6 Å². The fraction of sp³-hybridized carbons (Fsp3) is 0.0612. The molecule has 19 heteroatoms. The molecule has 0 radical (unpaired) electrons. The van der Waals surface area contributed by atoms with Gasteiger partial charge in [-0.3, -0.25) is 0 Å². The summed E-state index contributed by atoms with van der Waals surface area (Å²) in [6.45, 7) is 0. The number of hydrogen-bond acceptors (Lipinski definition) is 10. The lowest BCUT2D eigenvalue weighted by Gasteiger charge is -2.14. The maximum Gasteiger partial charge on any atom is 0.416 e. The quantitative estimate of drug-likeness (QED) is 0.145. The topological polar surface area (TPSA) is 101 Å². The summed E-state index contributed by atoms with van der Waals surface area (Å²) >= 11 is 2.99. The van der Waals surface area contributed by atoms with Crippen LogP contribution in [0.5, 0.6) is 0 Å². The van der Waals surface area contributed by atoms with Crippen molar-refractivity contribution in [2.45, 2.75) is 18.5 Å². The smallest absolute Gasteiger partial charge is 0.339 e. The largest absolute Gasteiger partial charge is 0.416 e. The van der Waals surface area contributed by atoms with Crippen molar-refractivity contribution in [2.75, 3.05) is 10.6 Å². The predicted molar refractivity (Wildman–Crippen MR) is 247 cm³/mol. The van der Waals surface area contributed by atoms with Gasteiger partial charge in [-0.25, -0.2) is 9.97 Å². The van der Waals surface area contributed by atoms with E-state index in [1.54, 1.807) is 29.2 Å². The highest BCUT2D eigenvalue weighted by atomic mass is 32.1. The molecular formula is C49H29F9N8S2. The van der Waals surface area contributed by atoms with E-state index in [9.17, 15) is 39.5 Å². The molecule has 4 heterocycles. The minimum absolute atomic E-state index is 0.229. The molecule has 0 spiro atoms. The maximum absolute atomic E-state index is 13.1. The van der Waals surface area contributed by atoms with E-state index in [-0.39, 0.29) is 5.69 Å². The molecule has 10 aromatic rings. The monoisotopic (exact) mass is 964 g/mol. The van der Waals surface area contributed by atoms with Crippen LogP contribution < -0.4 is 10.6 Å². The third-order valence-corrected chi connectivity index (χ3v) is 12.0. The van der Waals surface area contributed by atoms with Crippen molar-refractivity contribution in [1.82, 2.24) is 30.4 Å². The van der Waals surface area contributed by atoms with Crippen LogP contribution in [0.4, 0.5) is 62.5 Å². The average Bonchev–Trinajstić information content (AvgIpc) is 4.01. The molecule has 10 rings (SSSR count). The summed E-state index contributed by atoms with van der Waals surface area (Å²) in [7, 11) is 0. The van der Waals surface area contributed by atoms with E-state index in [4.69, 9.17) is 0 Å². The highest BCUT2D eigenvalue weighted by molar-refractivity contribution is 7.17. The fourth-order valence-electron chi connectivity index (χ4n) is 7.02. The zero-order valence-electron chi connectivity index (χ0n) is 34.5. The van der Waals surface area contributed by atoms with E-state index >= 15 is 0 Å². The number of hydrogen-bond donors (Lipinski definition) is 2. The van der Waals surface area contributed by atoms with Gasteiger partial charge in [0.2, 0.25) is 0 Å².